The van der Waals surface area contributed by atoms with Gasteiger partial charge in [0, 0.05) is 13.8 Å². The van der Waals surface area contributed by atoms with E-state index in [9.17, 15) is 18.4 Å². The minimum atomic E-state index is -2.67. The van der Waals surface area contributed by atoms with Crippen molar-refractivity contribution in [2.75, 3.05) is 13.2 Å². The molecule has 0 aromatic rings. The van der Waals surface area contributed by atoms with E-state index >= 15 is 0 Å². The summed E-state index contributed by atoms with van der Waals surface area (Å²) in [7, 11) is 0. The Labute approximate surface area is 89.6 Å². The lowest BCUT2D eigenvalue weighted by molar-refractivity contribution is -0.148. The molecule has 2 atom stereocenters. The molecule has 0 aliphatic rings. The molecule has 0 aliphatic heterocycles. The molecule has 0 heterocycles. The smallest absolute Gasteiger partial charge is 0.303 e. The van der Waals surface area contributed by atoms with Crippen LogP contribution in [0.1, 0.15) is 13.8 Å². The Morgan fingerprint density at radius 3 is 2.47 bits per heavy atom. The summed E-state index contributed by atoms with van der Waals surface area (Å²) < 4.78 is 29.1. The third-order valence-electron chi connectivity index (χ3n) is 1.26. The highest BCUT2D eigenvalue weighted by atomic mass is 32.2. The Morgan fingerprint density at radius 2 is 2.07 bits per heavy atom. The minimum Gasteiger partial charge on any atom is -0.750 e. The Bertz CT molecular complexity index is 238. The lowest BCUT2D eigenvalue weighted by Gasteiger charge is -2.17. The van der Waals surface area contributed by atoms with E-state index < -0.39 is 23.4 Å². The van der Waals surface area contributed by atoms with Gasteiger partial charge >= 0.3 is 5.97 Å². The van der Waals surface area contributed by atoms with Crippen LogP contribution in [0.2, 0.25) is 0 Å². The number of carbonyl (C=O) groups excluding carboxylic acids is 2. The summed E-state index contributed by atoms with van der Waals surface area (Å²) in [5.74, 6) is -0.888. The van der Waals surface area contributed by atoms with Crippen molar-refractivity contribution in [2.45, 2.75) is 20.0 Å². The van der Waals surface area contributed by atoms with E-state index in [0.717, 1.165) is 0 Å². The molecule has 0 fully saturated rings. The zero-order valence-electron chi connectivity index (χ0n) is 8.35. The van der Waals surface area contributed by atoms with Gasteiger partial charge in [0.2, 0.25) is 5.91 Å². The molecule has 0 bridgehead atoms. The van der Waals surface area contributed by atoms with Crippen LogP contribution in [0.5, 0.6) is 0 Å². The highest BCUT2D eigenvalue weighted by Gasteiger charge is 2.13. The zero-order chi connectivity index (χ0) is 11.8. The van der Waals surface area contributed by atoms with E-state index in [1.807, 2.05) is 0 Å². The van der Waals surface area contributed by atoms with Gasteiger partial charge in [0.25, 0.3) is 0 Å². The summed E-state index contributed by atoms with van der Waals surface area (Å²) in [6, 6.07) is 0. The first-order valence-electron chi connectivity index (χ1n) is 4.06. The molecule has 0 spiro atoms. The molecule has 0 rings (SSSR count). The second-order valence-corrected chi connectivity index (χ2v) is 3.30. The van der Waals surface area contributed by atoms with Crippen molar-refractivity contribution < 1.29 is 27.3 Å². The maximum atomic E-state index is 10.6. The van der Waals surface area contributed by atoms with Crippen LogP contribution in [0.15, 0.2) is 0 Å². The molecule has 2 unspecified atom stereocenters. The van der Waals surface area contributed by atoms with Crippen molar-refractivity contribution in [1.29, 1.82) is 0 Å². The van der Waals surface area contributed by atoms with Crippen LogP contribution in [0.4, 0.5) is 0 Å². The second kappa shape index (κ2) is 7.32. The molecule has 88 valence electrons. The van der Waals surface area contributed by atoms with Crippen molar-refractivity contribution in [3.05, 3.63) is 0 Å². The molecule has 15 heavy (non-hydrogen) atoms. The molecule has 0 saturated carbocycles. The third kappa shape index (κ3) is 9.32. The number of esters is 1. The van der Waals surface area contributed by atoms with Gasteiger partial charge < -0.3 is 14.6 Å². The molecule has 0 aromatic heterocycles. The second-order valence-electron chi connectivity index (χ2n) is 2.66. The van der Waals surface area contributed by atoms with Crippen LogP contribution in [0.25, 0.3) is 0 Å². The van der Waals surface area contributed by atoms with E-state index in [1.165, 1.54) is 13.8 Å². The maximum absolute atomic E-state index is 10.6. The predicted octanol–water partition coefficient (Wildman–Crippen LogP) is -1.14. The fraction of sp³-hybridized carbons (Fsp3) is 0.714. The summed E-state index contributed by atoms with van der Waals surface area (Å²) >= 11 is -2.67. The van der Waals surface area contributed by atoms with Gasteiger partial charge in [-0.05, 0) is 0 Å². The molecular weight excluding hydrogens is 226 g/mol. The monoisotopic (exact) mass is 238 g/mol. The highest BCUT2D eigenvalue weighted by molar-refractivity contribution is 7.74. The summed E-state index contributed by atoms with van der Waals surface area (Å²) in [4.78, 5) is 21.2. The van der Waals surface area contributed by atoms with Crippen LogP contribution in [0, 0.1) is 0 Å². The number of nitrogens with one attached hydrogen (secondary N) is 1. The highest BCUT2D eigenvalue weighted by Crippen LogP contribution is 1.94. The zero-order valence-corrected chi connectivity index (χ0v) is 9.17. The number of hydrogen-bond acceptors (Lipinski definition) is 6. The molecule has 0 aliphatic carbocycles. The fourth-order valence-electron chi connectivity index (χ4n) is 0.758. The van der Waals surface area contributed by atoms with Crippen LogP contribution in [0.3, 0.4) is 0 Å². The number of rotatable bonds is 6. The first kappa shape index (κ1) is 14.0. The van der Waals surface area contributed by atoms with E-state index in [0.29, 0.717) is 0 Å². The quantitative estimate of drug-likeness (QED) is 0.463. The standard InChI is InChI=1S/C7H13NO6S/c1-5(9)8-3-7(14-6(2)10)4-13-15(11)12/h7H,3-4H2,1-2H3,(H,8,9)(H,11,12)/p-1. The van der Waals surface area contributed by atoms with Crippen LogP contribution in [-0.2, 0) is 29.9 Å². The lowest BCUT2D eigenvalue weighted by atomic mass is 10.3. The Kier molecular flexibility index (Phi) is 6.84. The number of amides is 1. The first-order chi connectivity index (χ1) is 6.91. The number of carbonyl (C=O) groups is 2. The van der Waals surface area contributed by atoms with Gasteiger partial charge in [-0.1, -0.05) is 0 Å². The van der Waals surface area contributed by atoms with Crippen molar-refractivity contribution >= 4 is 23.2 Å². The fourth-order valence-corrected chi connectivity index (χ4v) is 1.02. The number of ether oxygens (including phenoxy) is 1. The van der Waals surface area contributed by atoms with E-state index in [-0.39, 0.29) is 19.1 Å². The molecule has 1 amide bonds. The molecule has 0 radical (unpaired) electrons. The van der Waals surface area contributed by atoms with Gasteiger partial charge in [0.1, 0.15) is 12.7 Å². The van der Waals surface area contributed by atoms with Crippen molar-refractivity contribution in [3.63, 3.8) is 0 Å². The van der Waals surface area contributed by atoms with Gasteiger partial charge in [-0.3, -0.25) is 13.8 Å². The molecule has 0 saturated heterocycles. The third-order valence-corrected chi connectivity index (χ3v) is 1.59. The van der Waals surface area contributed by atoms with Gasteiger partial charge in [-0.2, -0.15) is 0 Å². The Morgan fingerprint density at radius 1 is 1.47 bits per heavy atom. The van der Waals surface area contributed by atoms with E-state index in [2.05, 4.69) is 9.50 Å². The number of hydrogen-bond donors (Lipinski definition) is 1. The minimum absolute atomic E-state index is 0.00606. The molecule has 0 aromatic carbocycles. The van der Waals surface area contributed by atoms with Gasteiger partial charge in [0.15, 0.2) is 0 Å². The average Bonchev–Trinajstić information content (AvgIpc) is 2.08. The summed E-state index contributed by atoms with van der Waals surface area (Å²) in [6.45, 7) is 2.15. The van der Waals surface area contributed by atoms with E-state index in [4.69, 9.17) is 4.74 Å². The maximum Gasteiger partial charge on any atom is 0.303 e. The first-order valence-corrected chi connectivity index (χ1v) is 5.06. The van der Waals surface area contributed by atoms with Crippen molar-refractivity contribution in [1.82, 2.24) is 5.32 Å². The van der Waals surface area contributed by atoms with Crippen molar-refractivity contribution in [2.24, 2.45) is 0 Å². The van der Waals surface area contributed by atoms with Crippen LogP contribution >= 0.6 is 0 Å². The van der Waals surface area contributed by atoms with Crippen molar-refractivity contribution in [3.8, 4) is 0 Å². The van der Waals surface area contributed by atoms with Crippen LogP contribution in [-0.4, -0.2) is 39.9 Å². The largest absolute Gasteiger partial charge is 0.750 e. The topological polar surface area (TPSA) is 105 Å². The van der Waals surface area contributed by atoms with Gasteiger partial charge in [-0.15, -0.1) is 0 Å². The SMILES string of the molecule is CC(=O)NCC(COS(=O)[O-])OC(C)=O. The summed E-state index contributed by atoms with van der Waals surface area (Å²) in [5.41, 5.74) is 0. The Hall–Kier alpha value is -0.990. The predicted molar refractivity (Wildman–Crippen MR) is 49.1 cm³/mol. The summed E-state index contributed by atoms with van der Waals surface area (Å²) in [5, 5.41) is 2.38. The molecule has 1 N–H and O–H groups in total. The Balaban J connectivity index is 3.99. The summed E-state index contributed by atoms with van der Waals surface area (Å²) in [6.07, 6.45) is -0.815. The molecule has 7 nitrogen and oxygen atoms in total. The van der Waals surface area contributed by atoms with Crippen LogP contribution < -0.4 is 5.32 Å². The molecule has 8 heteroatoms. The average molecular weight is 238 g/mol. The van der Waals surface area contributed by atoms with Gasteiger partial charge in [-0.25, -0.2) is 4.21 Å². The molecular formula is C7H12NO6S-. The van der Waals surface area contributed by atoms with E-state index in [1.54, 1.807) is 0 Å². The lowest BCUT2D eigenvalue weighted by Crippen LogP contribution is -2.36. The normalized spacial score (nSPS) is 14.1. The van der Waals surface area contributed by atoms with Gasteiger partial charge in [0.05, 0.1) is 17.9 Å².